The average Bonchev–Trinajstić information content (AvgIpc) is 2.76. The minimum absolute atomic E-state index is 0.0197. The van der Waals surface area contributed by atoms with Crippen LogP contribution >= 0.6 is 0 Å². The van der Waals surface area contributed by atoms with E-state index in [0.717, 1.165) is 31.2 Å². The first-order valence-corrected chi connectivity index (χ1v) is 11.8. The minimum atomic E-state index is -0.479. The van der Waals surface area contributed by atoms with Gasteiger partial charge in [0.15, 0.2) is 0 Å². The van der Waals surface area contributed by atoms with Gasteiger partial charge in [-0.1, -0.05) is 51.3 Å². The van der Waals surface area contributed by atoms with E-state index in [1.54, 1.807) is 31.2 Å². The molecular weight excluding hydrogens is 406 g/mol. The van der Waals surface area contributed by atoms with Crippen molar-refractivity contribution in [3.05, 3.63) is 76.9 Å². The molecule has 32 heavy (non-hydrogen) atoms. The molecule has 172 valence electrons. The van der Waals surface area contributed by atoms with Crippen LogP contribution in [0.3, 0.4) is 0 Å². The third kappa shape index (κ3) is 6.51. The third-order valence-corrected chi connectivity index (χ3v) is 6.50. The molecule has 0 saturated heterocycles. The van der Waals surface area contributed by atoms with Gasteiger partial charge in [-0.3, -0.25) is 0 Å². The Morgan fingerprint density at radius 3 is 2.19 bits per heavy atom. The number of halogens is 2. The van der Waals surface area contributed by atoms with Gasteiger partial charge in [0.25, 0.3) is 0 Å². The van der Waals surface area contributed by atoms with E-state index in [1.807, 2.05) is 0 Å². The lowest BCUT2D eigenvalue weighted by atomic mass is 9.76. The van der Waals surface area contributed by atoms with Crippen LogP contribution in [0.1, 0.15) is 87.8 Å². The van der Waals surface area contributed by atoms with Gasteiger partial charge in [-0.05, 0) is 86.3 Å². The van der Waals surface area contributed by atoms with Crippen LogP contribution in [0.2, 0.25) is 0 Å². The van der Waals surface area contributed by atoms with Gasteiger partial charge < -0.3 is 4.74 Å². The van der Waals surface area contributed by atoms with Crippen molar-refractivity contribution in [1.29, 1.82) is 0 Å². The summed E-state index contributed by atoms with van der Waals surface area (Å²) in [7, 11) is 0. The molecule has 0 unspecified atom stereocenters. The Morgan fingerprint density at radius 2 is 1.62 bits per heavy atom. The molecule has 1 aliphatic carbocycles. The van der Waals surface area contributed by atoms with Gasteiger partial charge in [0, 0.05) is 11.1 Å². The van der Waals surface area contributed by atoms with Gasteiger partial charge in [-0.25, -0.2) is 13.6 Å². The molecule has 0 amide bonds. The molecule has 1 fully saturated rings. The number of rotatable bonds is 9. The SMILES string of the molecule is C=C(C)C(=O)Oc1ccc(Cc2cc(F)c(C3CCC(CCCCC)CC3)c(F)c2)cc1. The van der Waals surface area contributed by atoms with Crippen molar-refractivity contribution in [2.75, 3.05) is 0 Å². The second-order valence-electron chi connectivity index (χ2n) is 9.18. The fourth-order valence-corrected chi connectivity index (χ4v) is 4.66. The van der Waals surface area contributed by atoms with Gasteiger partial charge in [-0.15, -0.1) is 0 Å². The Hall–Kier alpha value is -2.49. The number of hydrogen-bond acceptors (Lipinski definition) is 2. The lowest BCUT2D eigenvalue weighted by Gasteiger charge is -2.29. The van der Waals surface area contributed by atoms with Crippen LogP contribution in [0.5, 0.6) is 5.75 Å². The first-order chi connectivity index (χ1) is 15.4. The molecule has 0 aromatic heterocycles. The molecule has 2 nitrogen and oxygen atoms in total. The topological polar surface area (TPSA) is 26.3 Å². The maximum atomic E-state index is 14.9. The summed E-state index contributed by atoms with van der Waals surface area (Å²) in [4.78, 5) is 11.6. The number of hydrogen-bond donors (Lipinski definition) is 0. The summed E-state index contributed by atoms with van der Waals surface area (Å²) in [5, 5.41) is 0. The van der Waals surface area contributed by atoms with E-state index in [0.29, 0.717) is 29.2 Å². The highest BCUT2D eigenvalue weighted by Gasteiger charge is 2.27. The monoisotopic (exact) mass is 440 g/mol. The van der Waals surface area contributed by atoms with Crippen molar-refractivity contribution in [3.8, 4) is 5.75 Å². The van der Waals surface area contributed by atoms with Crippen molar-refractivity contribution in [1.82, 2.24) is 0 Å². The van der Waals surface area contributed by atoms with Crippen molar-refractivity contribution >= 4 is 5.97 Å². The predicted molar refractivity (Wildman–Crippen MR) is 125 cm³/mol. The summed E-state index contributed by atoms with van der Waals surface area (Å²) in [6.07, 6.45) is 9.29. The Balaban J connectivity index is 1.61. The highest BCUT2D eigenvalue weighted by molar-refractivity contribution is 5.88. The number of carbonyl (C=O) groups is 1. The second-order valence-corrected chi connectivity index (χ2v) is 9.18. The van der Waals surface area contributed by atoms with Crippen LogP contribution in [0, 0.1) is 17.6 Å². The van der Waals surface area contributed by atoms with Crippen molar-refractivity contribution in [2.24, 2.45) is 5.92 Å². The zero-order valence-corrected chi connectivity index (χ0v) is 19.3. The van der Waals surface area contributed by atoms with Crippen molar-refractivity contribution in [2.45, 2.75) is 77.6 Å². The highest BCUT2D eigenvalue weighted by atomic mass is 19.1. The Labute approximate surface area is 190 Å². The fourth-order valence-electron chi connectivity index (χ4n) is 4.66. The summed E-state index contributed by atoms with van der Waals surface area (Å²) in [5.41, 5.74) is 2.08. The van der Waals surface area contributed by atoms with Gasteiger partial charge in [-0.2, -0.15) is 0 Å². The molecule has 1 saturated carbocycles. The molecule has 2 aromatic carbocycles. The Morgan fingerprint density at radius 1 is 1.00 bits per heavy atom. The summed E-state index contributed by atoms with van der Waals surface area (Å²) < 4.78 is 35.0. The maximum absolute atomic E-state index is 14.9. The maximum Gasteiger partial charge on any atom is 0.338 e. The van der Waals surface area contributed by atoms with Crippen LogP contribution < -0.4 is 4.74 Å². The molecule has 0 N–H and O–H groups in total. The largest absolute Gasteiger partial charge is 0.423 e. The fraction of sp³-hybridized carbons (Fsp3) is 0.464. The highest BCUT2D eigenvalue weighted by Crippen LogP contribution is 2.40. The van der Waals surface area contributed by atoms with Crippen LogP contribution in [0.25, 0.3) is 0 Å². The van der Waals surface area contributed by atoms with E-state index in [4.69, 9.17) is 4.74 Å². The second kappa shape index (κ2) is 11.4. The van der Waals surface area contributed by atoms with Crippen LogP contribution in [0.15, 0.2) is 48.6 Å². The zero-order chi connectivity index (χ0) is 23.1. The molecule has 0 radical (unpaired) electrons. The van der Waals surface area contributed by atoms with E-state index >= 15 is 0 Å². The van der Waals surface area contributed by atoms with Crippen LogP contribution in [-0.4, -0.2) is 5.97 Å². The third-order valence-electron chi connectivity index (χ3n) is 6.50. The molecule has 0 heterocycles. The van der Waals surface area contributed by atoms with Crippen LogP contribution in [0.4, 0.5) is 8.78 Å². The first kappa shape index (κ1) is 24.2. The Kier molecular flexibility index (Phi) is 8.60. The number of benzene rings is 2. The number of carbonyl (C=O) groups excluding carboxylic acids is 1. The minimum Gasteiger partial charge on any atom is -0.423 e. The molecule has 0 aliphatic heterocycles. The summed E-state index contributed by atoms with van der Waals surface area (Å²) >= 11 is 0. The van der Waals surface area contributed by atoms with E-state index < -0.39 is 17.6 Å². The van der Waals surface area contributed by atoms with E-state index in [1.165, 1.54) is 37.8 Å². The van der Waals surface area contributed by atoms with Gasteiger partial charge in [0.05, 0.1) is 0 Å². The number of ether oxygens (including phenoxy) is 1. The van der Waals surface area contributed by atoms with Crippen molar-refractivity contribution < 1.29 is 18.3 Å². The van der Waals surface area contributed by atoms with E-state index in [2.05, 4.69) is 13.5 Å². The molecular formula is C28H34F2O2. The summed E-state index contributed by atoms with van der Waals surface area (Å²) in [6.45, 7) is 7.35. The molecule has 3 rings (SSSR count). The lowest BCUT2D eigenvalue weighted by molar-refractivity contribution is -0.130. The van der Waals surface area contributed by atoms with Crippen molar-refractivity contribution in [3.63, 3.8) is 0 Å². The standard InChI is InChI=1S/C28H34F2O2/c1-4-5-6-7-20-8-12-23(13-9-20)27-25(29)17-22(18-26(27)30)16-21-10-14-24(15-11-21)32-28(31)19(2)3/h10-11,14-15,17-18,20,23H,2,4-9,12-13,16H2,1,3H3. The van der Waals surface area contributed by atoms with Gasteiger partial charge in [0.1, 0.15) is 17.4 Å². The normalized spacial score (nSPS) is 18.4. The predicted octanol–water partition coefficient (Wildman–Crippen LogP) is 7.89. The smallest absolute Gasteiger partial charge is 0.338 e. The number of unbranched alkanes of at least 4 members (excludes halogenated alkanes) is 2. The van der Waals surface area contributed by atoms with Gasteiger partial charge >= 0.3 is 5.97 Å². The molecule has 4 heteroatoms. The molecule has 2 aromatic rings. The van der Waals surface area contributed by atoms with E-state index in [9.17, 15) is 13.6 Å². The van der Waals surface area contributed by atoms with Crippen LogP contribution in [-0.2, 0) is 11.2 Å². The molecule has 0 bridgehead atoms. The Bertz CT molecular complexity index is 902. The molecule has 0 spiro atoms. The lowest BCUT2D eigenvalue weighted by Crippen LogP contribution is -2.16. The molecule has 0 atom stereocenters. The zero-order valence-electron chi connectivity index (χ0n) is 19.3. The number of esters is 1. The molecule has 1 aliphatic rings. The average molecular weight is 441 g/mol. The summed E-state index contributed by atoms with van der Waals surface area (Å²) in [5.74, 6) is -0.232. The quantitative estimate of drug-likeness (QED) is 0.171. The van der Waals surface area contributed by atoms with Gasteiger partial charge in [0.2, 0.25) is 0 Å². The van der Waals surface area contributed by atoms with E-state index in [-0.39, 0.29) is 11.5 Å². The summed E-state index contributed by atoms with van der Waals surface area (Å²) in [6, 6.07) is 9.89. The first-order valence-electron chi connectivity index (χ1n) is 11.8.